The van der Waals surface area contributed by atoms with Gasteiger partial charge in [0.2, 0.25) is 21.8 Å². The SMILES string of the molecule is Cc1cnc2c(S(=O)(=O)N3CCN([C@@H](C)C(=O)Nc4ccc(C(N)=O)cc4)CC3)cccc2c1. The van der Waals surface area contributed by atoms with Gasteiger partial charge in [-0.3, -0.25) is 19.5 Å². The van der Waals surface area contributed by atoms with E-state index in [0.29, 0.717) is 29.9 Å². The highest BCUT2D eigenvalue weighted by atomic mass is 32.2. The number of para-hydroxylation sites is 1. The smallest absolute Gasteiger partial charge is 0.248 e. The van der Waals surface area contributed by atoms with Crippen LogP contribution in [0, 0.1) is 6.92 Å². The zero-order chi connectivity index (χ0) is 24.5. The lowest BCUT2D eigenvalue weighted by atomic mass is 10.2. The highest BCUT2D eigenvalue weighted by molar-refractivity contribution is 7.89. The van der Waals surface area contributed by atoms with E-state index in [0.717, 1.165) is 10.9 Å². The maximum Gasteiger partial charge on any atom is 0.248 e. The number of pyridine rings is 1. The molecule has 10 heteroatoms. The second-order valence-electron chi connectivity index (χ2n) is 8.39. The van der Waals surface area contributed by atoms with E-state index in [1.807, 2.05) is 24.0 Å². The van der Waals surface area contributed by atoms with E-state index in [1.165, 1.54) is 4.31 Å². The fraction of sp³-hybridized carbons (Fsp3) is 0.292. The van der Waals surface area contributed by atoms with E-state index in [2.05, 4.69) is 10.3 Å². The number of nitrogens with one attached hydrogen (secondary N) is 1. The van der Waals surface area contributed by atoms with Crippen LogP contribution in [0.1, 0.15) is 22.8 Å². The van der Waals surface area contributed by atoms with E-state index in [-0.39, 0.29) is 23.9 Å². The molecule has 4 rings (SSSR count). The van der Waals surface area contributed by atoms with Crippen molar-refractivity contribution in [1.29, 1.82) is 0 Å². The van der Waals surface area contributed by atoms with Gasteiger partial charge in [0.1, 0.15) is 4.90 Å². The first-order chi connectivity index (χ1) is 16.2. The maximum atomic E-state index is 13.4. The van der Waals surface area contributed by atoms with E-state index in [1.54, 1.807) is 49.5 Å². The van der Waals surface area contributed by atoms with Crippen LogP contribution in [0.3, 0.4) is 0 Å². The minimum absolute atomic E-state index is 0.198. The summed E-state index contributed by atoms with van der Waals surface area (Å²) in [6.07, 6.45) is 1.67. The Morgan fingerprint density at radius 1 is 1.06 bits per heavy atom. The number of aryl methyl sites for hydroxylation is 1. The molecule has 1 atom stereocenters. The molecule has 178 valence electrons. The molecule has 1 aromatic heterocycles. The Balaban J connectivity index is 1.41. The number of fused-ring (bicyclic) bond motifs is 1. The highest BCUT2D eigenvalue weighted by Crippen LogP contribution is 2.26. The largest absolute Gasteiger partial charge is 0.366 e. The van der Waals surface area contributed by atoms with Crippen LogP contribution in [0.5, 0.6) is 0 Å². The molecular formula is C24H27N5O4S. The van der Waals surface area contributed by atoms with E-state index in [9.17, 15) is 18.0 Å². The molecule has 0 aliphatic carbocycles. The van der Waals surface area contributed by atoms with Crippen molar-refractivity contribution in [2.24, 2.45) is 5.73 Å². The Morgan fingerprint density at radius 3 is 2.38 bits per heavy atom. The summed E-state index contributed by atoms with van der Waals surface area (Å²) in [5, 5.41) is 3.61. The topological polar surface area (TPSA) is 126 Å². The van der Waals surface area contributed by atoms with Crippen LogP contribution in [0.4, 0.5) is 5.69 Å². The Labute approximate surface area is 198 Å². The van der Waals surface area contributed by atoms with Crippen molar-refractivity contribution in [3.8, 4) is 0 Å². The Morgan fingerprint density at radius 2 is 1.74 bits per heavy atom. The van der Waals surface area contributed by atoms with Crippen molar-refractivity contribution in [3.05, 3.63) is 65.9 Å². The van der Waals surface area contributed by atoms with Gasteiger partial charge in [0.25, 0.3) is 0 Å². The number of hydrogen-bond donors (Lipinski definition) is 2. The number of sulfonamides is 1. The zero-order valence-electron chi connectivity index (χ0n) is 19.1. The molecule has 0 unspecified atom stereocenters. The van der Waals surface area contributed by atoms with Gasteiger partial charge in [0, 0.05) is 49.0 Å². The molecule has 3 N–H and O–H groups in total. The lowest BCUT2D eigenvalue weighted by Crippen LogP contribution is -2.53. The molecule has 2 aromatic carbocycles. The van der Waals surface area contributed by atoms with Gasteiger partial charge >= 0.3 is 0 Å². The molecular weight excluding hydrogens is 454 g/mol. The van der Waals surface area contributed by atoms with Gasteiger partial charge < -0.3 is 11.1 Å². The van der Waals surface area contributed by atoms with Gasteiger partial charge in [-0.1, -0.05) is 12.1 Å². The molecule has 0 bridgehead atoms. The molecule has 0 radical (unpaired) electrons. The molecule has 1 saturated heterocycles. The molecule has 1 aliphatic rings. The van der Waals surface area contributed by atoms with E-state index < -0.39 is 22.0 Å². The molecule has 2 amide bonds. The van der Waals surface area contributed by atoms with Gasteiger partial charge in [0.15, 0.2) is 0 Å². The quantitative estimate of drug-likeness (QED) is 0.555. The van der Waals surface area contributed by atoms with Crippen LogP contribution in [-0.2, 0) is 14.8 Å². The van der Waals surface area contributed by atoms with Gasteiger partial charge in [-0.2, -0.15) is 4.31 Å². The molecule has 1 fully saturated rings. The highest BCUT2D eigenvalue weighted by Gasteiger charge is 2.33. The van der Waals surface area contributed by atoms with Crippen LogP contribution < -0.4 is 11.1 Å². The molecule has 1 aliphatic heterocycles. The number of piperazine rings is 1. The summed E-state index contributed by atoms with van der Waals surface area (Å²) in [6.45, 7) is 5.09. The number of rotatable bonds is 6. The minimum atomic E-state index is -3.72. The Bertz CT molecular complexity index is 1330. The third-order valence-corrected chi connectivity index (χ3v) is 8.00. The first-order valence-electron chi connectivity index (χ1n) is 11.0. The summed E-state index contributed by atoms with van der Waals surface area (Å²) in [4.78, 5) is 30.4. The first-order valence-corrected chi connectivity index (χ1v) is 12.4. The van der Waals surface area contributed by atoms with Crippen molar-refractivity contribution >= 4 is 38.4 Å². The fourth-order valence-electron chi connectivity index (χ4n) is 4.05. The zero-order valence-corrected chi connectivity index (χ0v) is 19.9. The number of primary amides is 1. The van der Waals surface area contributed by atoms with Crippen LogP contribution in [0.15, 0.2) is 59.6 Å². The van der Waals surface area contributed by atoms with Gasteiger partial charge in [-0.15, -0.1) is 0 Å². The maximum absolute atomic E-state index is 13.4. The van der Waals surface area contributed by atoms with Crippen LogP contribution >= 0.6 is 0 Å². The van der Waals surface area contributed by atoms with Crippen LogP contribution in [0.25, 0.3) is 10.9 Å². The second kappa shape index (κ2) is 9.49. The van der Waals surface area contributed by atoms with E-state index in [4.69, 9.17) is 5.73 Å². The number of nitrogens with zero attached hydrogens (tertiary/aromatic N) is 3. The van der Waals surface area contributed by atoms with Gasteiger partial charge in [-0.05, 0) is 55.8 Å². The Kier molecular flexibility index (Phi) is 6.65. The molecule has 2 heterocycles. The normalized spacial score (nSPS) is 16.3. The monoisotopic (exact) mass is 481 g/mol. The first kappa shape index (κ1) is 23.8. The van der Waals surface area contributed by atoms with Crippen LogP contribution in [-0.4, -0.2) is 66.6 Å². The summed E-state index contributed by atoms with van der Waals surface area (Å²) in [5.74, 6) is -0.745. The average molecular weight is 482 g/mol. The van der Waals surface area contributed by atoms with E-state index >= 15 is 0 Å². The van der Waals surface area contributed by atoms with Crippen molar-refractivity contribution < 1.29 is 18.0 Å². The van der Waals surface area contributed by atoms with Crippen molar-refractivity contribution in [1.82, 2.24) is 14.2 Å². The third-order valence-electron chi connectivity index (χ3n) is 6.07. The molecule has 3 aromatic rings. The predicted molar refractivity (Wildman–Crippen MR) is 130 cm³/mol. The van der Waals surface area contributed by atoms with Gasteiger partial charge in [-0.25, -0.2) is 8.42 Å². The average Bonchev–Trinajstić information content (AvgIpc) is 2.83. The number of anilines is 1. The Hall–Kier alpha value is -3.34. The summed E-state index contributed by atoms with van der Waals surface area (Å²) < 4.78 is 28.2. The number of hydrogen-bond acceptors (Lipinski definition) is 6. The summed E-state index contributed by atoms with van der Waals surface area (Å²) >= 11 is 0. The molecule has 0 spiro atoms. The number of carbonyl (C=O) groups excluding carboxylic acids is 2. The van der Waals surface area contributed by atoms with Crippen molar-refractivity contribution in [2.45, 2.75) is 24.8 Å². The number of carbonyl (C=O) groups is 2. The minimum Gasteiger partial charge on any atom is -0.366 e. The lowest BCUT2D eigenvalue weighted by molar-refractivity contribution is -0.121. The lowest BCUT2D eigenvalue weighted by Gasteiger charge is -2.36. The molecule has 0 saturated carbocycles. The summed E-state index contributed by atoms with van der Waals surface area (Å²) in [5.41, 5.74) is 7.59. The number of nitrogens with two attached hydrogens (primary N) is 1. The second-order valence-corrected chi connectivity index (χ2v) is 10.3. The van der Waals surface area contributed by atoms with Crippen molar-refractivity contribution in [3.63, 3.8) is 0 Å². The molecule has 9 nitrogen and oxygen atoms in total. The predicted octanol–water partition coefficient (Wildman–Crippen LogP) is 1.98. The number of amides is 2. The summed E-state index contributed by atoms with van der Waals surface area (Å²) in [6, 6.07) is 13.0. The summed E-state index contributed by atoms with van der Waals surface area (Å²) in [7, 11) is -3.72. The molecule has 34 heavy (non-hydrogen) atoms. The number of aromatic nitrogens is 1. The van der Waals surface area contributed by atoms with Crippen molar-refractivity contribution in [2.75, 3.05) is 31.5 Å². The van der Waals surface area contributed by atoms with Gasteiger partial charge in [0.05, 0.1) is 11.6 Å². The number of benzene rings is 2. The third kappa shape index (κ3) is 4.79. The fourth-order valence-corrected chi connectivity index (χ4v) is 5.64. The van der Waals surface area contributed by atoms with Crippen LogP contribution in [0.2, 0.25) is 0 Å². The standard InChI is InChI=1S/C24H27N5O4S/c1-16-14-19-4-3-5-21(22(19)26-15-16)34(32,33)29-12-10-28(11-13-29)17(2)24(31)27-20-8-6-18(7-9-20)23(25)30/h3-9,14-15,17H,10-13H2,1-2H3,(H2,25,30)(H,27,31)/t17-/m0/s1.